The van der Waals surface area contributed by atoms with Gasteiger partial charge >= 0.3 is 0 Å². The fraction of sp³-hybridized carbons (Fsp3) is 0.565. The lowest BCUT2D eigenvalue weighted by Crippen LogP contribution is -2.33. The largest absolute Gasteiger partial charge is 0.494 e. The second-order valence-corrected chi connectivity index (χ2v) is 8.38. The first-order valence-corrected chi connectivity index (χ1v) is 11.6. The van der Waals surface area contributed by atoms with Gasteiger partial charge in [-0.2, -0.15) is 0 Å². The Morgan fingerprint density at radius 2 is 2.27 bits per heavy atom. The number of rotatable bonds is 11. The van der Waals surface area contributed by atoms with Crippen molar-refractivity contribution in [2.24, 2.45) is 0 Å². The van der Waals surface area contributed by atoms with Gasteiger partial charge < -0.3 is 19.6 Å². The van der Waals surface area contributed by atoms with Crippen molar-refractivity contribution in [3.63, 3.8) is 0 Å². The van der Waals surface area contributed by atoms with Crippen LogP contribution in [0.15, 0.2) is 29.1 Å². The van der Waals surface area contributed by atoms with E-state index in [-0.39, 0.29) is 24.3 Å². The lowest BCUT2D eigenvalue weighted by molar-refractivity contribution is 0.0898. The highest BCUT2D eigenvalue weighted by Crippen LogP contribution is 2.24. The van der Waals surface area contributed by atoms with E-state index >= 15 is 0 Å². The van der Waals surface area contributed by atoms with Crippen LogP contribution in [-0.2, 0) is 17.8 Å². The highest BCUT2D eigenvalue weighted by Gasteiger charge is 2.25. The lowest BCUT2D eigenvalue weighted by atomic mass is 10.1. The maximum Gasteiger partial charge on any atom is 0.252 e. The molecule has 2 N–H and O–H groups in total. The number of H-pyrrole nitrogens is 1. The number of aliphatic hydroxyl groups is 1. The molecule has 33 heavy (non-hydrogen) atoms. The third-order valence-corrected chi connectivity index (χ3v) is 6.06. The monoisotopic (exact) mass is 456 g/mol. The minimum absolute atomic E-state index is 0.0653. The highest BCUT2D eigenvalue weighted by molar-refractivity contribution is 5.80. The average molecular weight is 457 g/mol. The number of nitrogens with zero attached hydrogens (tertiary/aromatic N) is 5. The summed E-state index contributed by atoms with van der Waals surface area (Å²) in [6, 6.07) is 7.40. The van der Waals surface area contributed by atoms with Gasteiger partial charge in [0.15, 0.2) is 5.82 Å². The van der Waals surface area contributed by atoms with E-state index < -0.39 is 0 Å². The van der Waals surface area contributed by atoms with Crippen molar-refractivity contribution in [2.45, 2.75) is 58.3 Å². The molecule has 2 atom stereocenters. The number of fused-ring (bicyclic) bond motifs is 1. The molecule has 0 aliphatic carbocycles. The van der Waals surface area contributed by atoms with Crippen LogP contribution >= 0.6 is 0 Å². The average Bonchev–Trinajstić information content (AvgIpc) is 3.49. The minimum atomic E-state index is -0.155. The van der Waals surface area contributed by atoms with Gasteiger partial charge in [0.05, 0.1) is 25.3 Å². The molecule has 0 saturated carbocycles. The zero-order chi connectivity index (χ0) is 23.2. The topological polar surface area (TPSA) is 118 Å². The molecule has 1 aliphatic heterocycles. The number of hydrogen-bond donors (Lipinski definition) is 2. The van der Waals surface area contributed by atoms with Crippen LogP contribution in [0.1, 0.15) is 50.5 Å². The summed E-state index contributed by atoms with van der Waals surface area (Å²) >= 11 is 0. The van der Waals surface area contributed by atoms with Gasteiger partial charge in [-0.25, -0.2) is 4.68 Å². The van der Waals surface area contributed by atoms with Crippen molar-refractivity contribution in [3.8, 4) is 5.75 Å². The van der Waals surface area contributed by atoms with Gasteiger partial charge in [-0.3, -0.25) is 9.69 Å². The summed E-state index contributed by atoms with van der Waals surface area (Å²) in [4.78, 5) is 17.9. The molecule has 1 aromatic carbocycles. The number of ether oxygens (including phenoxy) is 2. The molecule has 1 aliphatic rings. The van der Waals surface area contributed by atoms with E-state index in [9.17, 15) is 9.90 Å². The quantitative estimate of drug-likeness (QED) is 0.450. The van der Waals surface area contributed by atoms with Crippen molar-refractivity contribution in [1.82, 2.24) is 30.1 Å². The van der Waals surface area contributed by atoms with E-state index in [0.717, 1.165) is 41.9 Å². The van der Waals surface area contributed by atoms with Crippen molar-refractivity contribution in [1.29, 1.82) is 0 Å². The summed E-state index contributed by atoms with van der Waals surface area (Å²) in [7, 11) is 0. The van der Waals surface area contributed by atoms with Crippen molar-refractivity contribution < 1.29 is 14.6 Å². The molecule has 1 fully saturated rings. The normalized spacial score (nSPS) is 17.2. The van der Waals surface area contributed by atoms with Crippen LogP contribution in [0.5, 0.6) is 5.75 Å². The maximum atomic E-state index is 12.8. The molecule has 3 aromatic rings. The molecule has 10 nitrogen and oxygen atoms in total. The Kier molecular flexibility index (Phi) is 7.69. The zero-order valence-corrected chi connectivity index (χ0v) is 19.2. The Bertz CT molecular complexity index is 1110. The number of benzene rings is 1. The minimum Gasteiger partial charge on any atom is -0.494 e. The number of nitrogens with one attached hydrogen (secondary N) is 1. The standard InChI is InChI=1S/C23H32N6O4/c1-3-32-19-7-8-21-17(13-19)12-18(23(31)24-21)14-28(9-5-10-30)16(2)22-25-26-27-29(22)15-20-6-4-11-33-20/h7-8,12-13,16,20,30H,3-6,9-11,14-15H2,1-2H3,(H,24,31). The molecular weight excluding hydrogens is 424 g/mol. The van der Waals surface area contributed by atoms with E-state index in [1.54, 1.807) is 4.68 Å². The van der Waals surface area contributed by atoms with Crippen molar-refractivity contribution in [2.75, 3.05) is 26.4 Å². The van der Waals surface area contributed by atoms with Crippen molar-refractivity contribution in [3.05, 3.63) is 46.0 Å². The van der Waals surface area contributed by atoms with Crippen LogP contribution in [0.3, 0.4) is 0 Å². The first-order valence-electron chi connectivity index (χ1n) is 11.6. The molecule has 1 saturated heterocycles. The molecule has 10 heteroatoms. The van der Waals surface area contributed by atoms with Crippen LogP contribution in [-0.4, -0.2) is 67.7 Å². The highest BCUT2D eigenvalue weighted by atomic mass is 16.5. The van der Waals surface area contributed by atoms with Crippen LogP contribution in [0.25, 0.3) is 10.9 Å². The summed E-state index contributed by atoms with van der Waals surface area (Å²) in [5, 5.41) is 22.7. The molecule has 2 aromatic heterocycles. The van der Waals surface area contributed by atoms with Gasteiger partial charge in [-0.05, 0) is 67.8 Å². The summed E-state index contributed by atoms with van der Waals surface area (Å²) in [6.07, 6.45) is 2.75. The molecular formula is C23H32N6O4. The fourth-order valence-electron chi connectivity index (χ4n) is 4.29. The zero-order valence-electron chi connectivity index (χ0n) is 19.2. The maximum absolute atomic E-state index is 12.8. The molecule has 0 bridgehead atoms. The molecule has 0 amide bonds. The Morgan fingerprint density at radius 3 is 3.03 bits per heavy atom. The molecule has 2 unspecified atom stereocenters. The number of aromatic nitrogens is 5. The Hall–Kier alpha value is -2.82. The number of aliphatic hydroxyl groups excluding tert-OH is 1. The van der Waals surface area contributed by atoms with Crippen LogP contribution in [0, 0.1) is 0 Å². The van der Waals surface area contributed by atoms with Crippen LogP contribution in [0.4, 0.5) is 0 Å². The summed E-state index contributed by atoms with van der Waals surface area (Å²) in [5.41, 5.74) is 1.27. The number of hydrogen-bond acceptors (Lipinski definition) is 8. The Morgan fingerprint density at radius 1 is 1.39 bits per heavy atom. The number of pyridine rings is 1. The van der Waals surface area contributed by atoms with Crippen LogP contribution in [0.2, 0.25) is 0 Å². The third kappa shape index (κ3) is 5.58. The van der Waals surface area contributed by atoms with E-state index in [1.807, 2.05) is 38.1 Å². The van der Waals surface area contributed by atoms with E-state index in [1.165, 1.54) is 0 Å². The molecule has 0 spiro atoms. The van der Waals surface area contributed by atoms with Crippen LogP contribution < -0.4 is 10.3 Å². The van der Waals surface area contributed by atoms with E-state index in [2.05, 4.69) is 25.4 Å². The van der Waals surface area contributed by atoms with E-state index in [0.29, 0.717) is 38.2 Å². The summed E-state index contributed by atoms with van der Waals surface area (Å²) in [5.74, 6) is 1.49. The lowest BCUT2D eigenvalue weighted by Gasteiger charge is -2.28. The van der Waals surface area contributed by atoms with Crippen molar-refractivity contribution >= 4 is 10.9 Å². The van der Waals surface area contributed by atoms with Gasteiger partial charge in [0, 0.05) is 42.8 Å². The molecule has 4 rings (SSSR count). The molecule has 0 radical (unpaired) electrons. The van der Waals surface area contributed by atoms with Gasteiger partial charge in [-0.1, -0.05) is 0 Å². The first-order chi connectivity index (χ1) is 16.1. The summed E-state index contributed by atoms with van der Waals surface area (Å²) < 4.78 is 13.2. The number of tetrazole rings is 1. The smallest absolute Gasteiger partial charge is 0.252 e. The van der Waals surface area contributed by atoms with E-state index in [4.69, 9.17) is 9.47 Å². The predicted octanol–water partition coefficient (Wildman–Crippen LogP) is 2.04. The van der Waals surface area contributed by atoms with Gasteiger partial charge in [0.2, 0.25) is 0 Å². The van der Waals surface area contributed by atoms with Gasteiger partial charge in [0.1, 0.15) is 5.75 Å². The Labute approximate surface area is 192 Å². The molecule has 3 heterocycles. The molecule has 178 valence electrons. The SMILES string of the molecule is CCOc1ccc2[nH]c(=O)c(CN(CCCO)C(C)c3nnnn3CC3CCCO3)cc2c1. The third-order valence-electron chi connectivity index (χ3n) is 6.06. The van der Waals surface area contributed by atoms with Gasteiger partial charge in [0.25, 0.3) is 5.56 Å². The van der Waals surface area contributed by atoms with Gasteiger partial charge in [-0.15, -0.1) is 5.10 Å². The fourth-order valence-corrected chi connectivity index (χ4v) is 4.29. The second-order valence-electron chi connectivity index (χ2n) is 8.38. The second kappa shape index (κ2) is 10.9. The Balaban J connectivity index is 1.59. The predicted molar refractivity (Wildman–Crippen MR) is 123 cm³/mol. The summed E-state index contributed by atoms with van der Waals surface area (Å²) in [6.45, 7) is 6.99. The first kappa shape index (κ1) is 23.3. The number of aromatic amines is 1.